The zero-order valence-corrected chi connectivity index (χ0v) is 12.2. The van der Waals surface area contributed by atoms with Gasteiger partial charge in [0.15, 0.2) is 0 Å². The van der Waals surface area contributed by atoms with Crippen molar-refractivity contribution in [1.29, 1.82) is 0 Å². The molecule has 0 spiro atoms. The van der Waals surface area contributed by atoms with E-state index < -0.39 is 0 Å². The second-order valence-corrected chi connectivity index (χ2v) is 5.04. The fraction of sp³-hybridized carbons (Fsp3) is 0.111. The van der Waals surface area contributed by atoms with Gasteiger partial charge in [-0.15, -0.1) is 0 Å². The number of hydrogen-bond donors (Lipinski definition) is 1. The van der Waals surface area contributed by atoms with Gasteiger partial charge in [0.1, 0.15) is 5.75 Å². The summed E-state index contributed by atoms with van der Waals surface area (Å²) < 4.78 is 1.45. The number of phenols is 1. The van der Waals surface area contributed by atoms with E-state index in [2.05, 4.69) is 5.10 Å². The Hall–Kier alpha value is -2.88. The van der Waals surface area contributed by atoms with Gasteiger partial charge in [0.05, 0.1) is 11.6 Å². The molecule has 0 aliphatic heterocycles. The first-order valence-corrected chi connectivity index (χ1v) is 7.14. The summed E-state index contributed by atoms with van der Waals surface area (Å²) in [5.41, 5.74) is 1.93. The van der Waals surface area contributed by atoms with Crippen LogP contribution >= 0.6 is 0 Å². The normalized spacial score (nSPS) is 11.3. The molecular weight excluding hydrogens is 276 g/mol. The Morgan fingerprint density at radius 2 is 1.77 bits per heavy atom. The van der Waals surface area contributed by atoms with Gasteiger partial charge in [-0.05, 0) is 42.3 Å². The van der Waals surface area contributed by atoms with E-state index in [-0.39, 0.29) is 11.3 Å². The van der Waals surface area contributed by atoms with Crippen LogP contribution in [0.3, 0.4) is 0 Å². The third-order valence-corrected chi connectivity index (χ3v) is 3.54. The smallest absolute Gasteiger partial charge is 0.274 e. The van der Waals surface area contributed by atoms with Crippen molar-refractivity contribution in [2.24, 2.45) is 0 Å². The van der Waals surface area contributed by atoms with Crippen LogP contribution in [0.15, 0.2) is 53.5 Å². The minimum Gasteiger partial charge on any atom is -0.508 e. The van der Waals surface area contributed by atoms with Crippen LogP contribution in [-0.2, 0) is 6.54 Å². The van der Waals surface area contributed by atoms with Crippen molar-refractivity contribution in [2.75, 3.05) is 0 Å². The van der Waals surface area contributed by atoms with E-state index in [0.717, 1.165) is 16.5 Å². The lowest BCUT2D eigenvalue weighted by atomic mass is 10.1. The number of benzene rings is 2. The predicted molar refractivity (Wildman–Crippen MR) is 88.7 cm³/mol. The third kappa shape index (κ3) is 2.76. The van der Waals surface area contributed by atoms with Crippen LogP contribution < -0.4 is 5.56 Å². The van der Waals surface area contributed by atoms with Crippen molar-refractivity contribution < 1.29 is 5.11 Å². The zero-order chi connectivity index (χ0) is 15.5. The molecule has 0 aliphatic carbocycles. The highest BCUT2D eigenvalue weighted by Gasteiger charge is 2.02. The van der Waals surface area contributed by atoms with E-state index in [1.165, 1.54) is 4.68 Å². The van der Waals surface area contributed by atoms with E-state index in [4.69, 9.17) is 0 Å². The van der Waals surface area contributed by atoms with Gasteiger partial charge in [0.2, 0.25) is 0 Å². The van der Waals surface area contributed by atoms with Gasteiger partial charge < -0.3 is 5.11 Å². The van der Waals surface area contributed by atoms with Crippen molar-refractivity contribution in [3.63, 3.8) is 0 Å². The van der Waals surface area contributed by atoms with Crippen molar-refractivity contribution >= 4 is 22.9 Å². The standard InChI is InChI=1S/C18H16N2O2/c1-2-20-18(22)17-10-7-14(11-15(17)12-19-20)4-3-13-5-8-16(21)9-6-13/h3-12,21H,2H2,1H3. The minimum atomic E-state index is -0.0611. The SMILES string of the molecule is CCn1ncc2cc(C=Cc3ccc(O)cc3)ccc2c1=O. The predicted octanol–water partition coefficient (Wildman–Crippen LogP) is 3.29. The van der Waals surface area contributed by atoms with Crippen LogP contribution in [-0.4, -0.2) is 14.9 Å². The van der Waals surface area contributed by atoms with Gasteiger partial charge >= 0.3 is 0 Å². The maximum atomic E-state index is 12.1. The van der Waals surface area contributed by atoms with E-state index in [1.54, 1.807) is 18.3 Å². The highest BCUT2D eigenvalue weighted by molar-refractivity contribution is 5.84. The zero-order valence-electron chi connectivity index (χ0n) is 12.2. The highest BCUT2D eigenvalue weighted by atomic mass is 16.3. The summed E-state index contributed by atoms with van der Waals surface area (Å²) in [7, 11) is 0. The molecule has 0 amide bonds. The van der Waals surface area contributed by atoms with E-state index >= 15 is 0 Å². The molecule has 0 saturated heterocycles. The summed E-state index contributed by atoms with van der Waals surface area (Å²) in [6.07, 6.45) is 5.65. The maximum Gasteiger partial charge on any atom is 0.274 e. The van der Waals surface area contributed by atoms with Gasteiger partial charge in [0.25, 0.3) is 5.56 Å². The molecule has 2 aromatic carbocycles. The van der Waals surface area contributed by atoms with Gasteiger partial charge in [0, 0.05) is 11.9 Å². The third-order valence-electron chi connectivity index (χ3n) is 3.54. The Morgan fingerprint density at radius 1 is 1.09 bits per heavy atom. The molecular formula is C18H16N2O2. The van der Waals surface area contributed by atoms with Crippen LogP contribution in [0.25, 0.3) is 22.9 Å². The number of hydrogen-bond acceptors (Lipinski definition) is 3. The molecule has 1 heterocycles. The van der Waals surface area contributed by atoms with Gasteiger partial charge in [-0.1, -0.05) is 30.4 Å². The van der Waals surface area contributed by atoms with Crippen molar-refractivity contribution in [3.8, 4) is 5.75 Å². The average molecular weight is 292 g/mol. The molecule has 1 aromatic heterocycles. The summed E-state index contributed by atoms with van der Waals surface area (Å²) >= 11 is 0. The lowest BCUT2D eigenvalue weighted by molar-refractivity contribution is 0.475. The van der Waals surface area contributed by atoms with Crippen LogP contribution in [0.4, 0.5) is 0 Å². The first-order chi connectivity index (χ1) is 10.7. The molecule has 0 unspecified atom stereocenters. The number of nitrogens with zero attached hydrogens (tertiary/aromatic N) is 2. The van der Waals surface area contributed by atoms with Crippen molar-refractivity contribution in [2.45, 2.75) is 13.5 Å². The second kappa shape index (κ2) is 5.85. The molecule has 0 saturated carbocycles. The maximum absolute atomic E-state index is 12.1. The molecule has 1 N–H and O–H groups in total. The number of aromatic nitrogens is 2. The van der Waals surface area contributed by atoms with Crippen molar-refractivity contribution in [3.05, 3.63) is 70.1 Å². The Kier molecular flexibility index (Phi) is 3.74. The van der Waals surface area contributed by atoms with E-state index in [0.29, 0.717) is 11.9 Å². The molecule has 0 radical (unpaired) electrons. The Morgan fingerprint density at radius 3 is 2.50 bits per heavy atom. The first kappa shape index (κ1) is 14.1. The lowest BCUT2D eigenvalue weighted by Gasteiger charge is -2.03. The topological polar surface area (TPSA) is 55.1 Å². The summed E-state index contributed by atoms with van der Waals surface area (Å²) in [6, 6.07) is 12.7. The van der Waals surface area contributed by atoms with Crippen LogP contribution in [0.1, 0.15) is 18.1 Å². The summed E-state index contributed by atoms with van der Waals surface area (Å²) in [5, 5.41) is 14.9. The molecule has 0 bridgehead atoms. The summed E-state index contributed by atoms with van der Waals surface area (Å²) in [4.78, 5) is 12.1. The van der Waals surface area contributed by atoms with Gasteiger partial charge in [-0.25, -0.2) is 4.68 Å². The van der Waals surface area contributed by atoms with Crippen LogP contribution in [0, 0.1) is 0 Å². The van der Waals surface area contributed by atoms with E-state index in [1.807, 2.05) is 49.4 Å². The number of fused-ring (bicyclic) bond motifs is 1. The largest absolute Gasteiger partial charge is 0.508 e. The molecule has 22 heavy (non-hydrogen) atoms. The van der Waals surface area contributed by atoms with Gasteiger partial charge in [-0.3, -0.25) is 4.79 Å². The molecule has 110 valence electrons. The first-order valence-electron chi connectivity index (χ1n) is 7.14. The molecule has 0 aliphatic rings. The Balaban J connectivity index is 1.95. The molecule has 4 nitrogen and oxygen atoms in total. The molecule has 0 fully saturated rings. The molecule has 3 rings (SSSR count). The Labute approximate surface area is 128 Å². The molecule has 3 aromatic rings. The monoisotopic (exact) mass is 292 g/mol. The fourth-order valence-electron chi connectivity index (χ4n) is 2.31. The minimum absolute atomic E-state index is 0.0611. The lowest BCUT2D eigenvalue weighted by Crippen LogP contribution is -2.21. The molecule has 0 atom stereocenters. The average Bonchev–Trinajstić information content (AvgIpc) is 2.55. The number of aromatic hydroxyl groups is 1. The van der Waals surface area contributed by atoms with E-state index in [9.17, 15) is 9.90 Å². The van der Waals surface area contributed by atoms with Crippen LogP contribution in [0.2, 0.25) is 0 Å². The number of rotatable bonds is 3. The Bertz CT molecular complexity index is 893. The number of phenolic OH excluding ortho intramolecular Hbond substituents is 1. The highest BCUT2D eigenvalue weighted by Crippen LogP contribution is 2.16. The summed E-state index contributed by atoms with van der Waals surface area (Å²) in [5.74, 6) is 0.251. The fourth-order valence-corrected chi connectivity index (χ4v) is 2.31. The quantitative estimate of drug-likeness (QED) is 0.754. The summed E-state index contributed by atoms with van der Waals surface area (Å²) in [6.45, 7) is 2.46. The second-order valence-electron chi connectivity index (χ2n) is 5.04. The molecule has 4 heteroatoms. The van der Waals surface area contributed by atoms with Crippen molar-refractivity contribution in [1.82, 2.24) is 9.78 Å². The van der Waals surface area contributed by atoms with Gasteiger partial charge in [-0.2, -0.15) is 5.10 Å². The number of aryl methyl sites for hydroxylation is 1. The van der Waals surface area contributed by atoms with Crippen LogP contribution in [0.5, 0.6) is 5.75 Å².